The minimum atomic E-state index is -1.03. The summed E-state index contributed by atoms with van der Waals surface area (Å²) >= 11 is 1.30. The first-order valence-electron chi connectivity index (χ1n) is 11.4. The normalized spacial score (nSPS) is 17.2. The van der Waals surface area contributed by atoms with Gasteiger partial charge in [-0.1, -0.05) is 31.0 Å². The Kier molecular flexibility index (Phi) is 7.27. The minimum Gasteiger partial charge on any atom is -0.486 e. The molecule has 1 aromatic carbocycles. The van der Waals surface area contributed by atoms with E-state index in [1.54, 1.807) is 25.4 Å². The number of benzene rings is 1. The van der Waals surface area contributed by atoms with E-state index in [1.165, 1.54) is 23.6 Å². The van der Waals surface area contributed by atoms with Crippen molar-refractivity contribution in [1.29, 1.82) is 5.26 Å². The topological polar surface area (TPSA) is 102 Å². The molecule has 0 saturated heterocycles. The van der Waals surface area contributed by atoms with Gasteiger partial charge in [0.1, 0.15) is 23.8 Å². The SMILES string of the molecule is C[C@H](OC(=O)c1cccnc1Sc1ccc2c(c1)OCCO2)C(=O)N(C)C1(C#N)CCCCC1. The van der Waals surface area contributed by atoms with Crippen molar-refractivity contribution in [2.24, 2.45) is 0 Å². The largest absolute Gasteiger partial charge is 0.486 e. The lowest BCUT2D eigenvalue weighted by molar-refractivity contribution is -0.143. The van der Waals surface area contributed by atoms with Gasteiger partial charge in [0.15, 0.2) is 17.6 Å². The Morgan fingerprint density at radius 3 is 2.65 bits per heavy atom. The first-order valence-corrected chi connectivity index (χ1v) is 12.2. The average Bonchev–Trinajstić information content (AvgIpc) is 2.88. The lowest BCUT2D eigenvalue weighted by Crippen LogP contribution is -2.53. The van der Waals surface area contributed by atoms with E-state index >= 15 is 0 Å². The van der Waals surface area contributed by atoms with Crippen molar-refractivity contribution in [1.82, 2.24) is 9.88 Å². The fourth-order valence-corrected chi connectivity index (χ4v) is 5.14. The smallest absolute Gasteiger partial charge is 0.341 e. The number of nitrogens with zero attached hydrogens (tertiary/aromatic N) is 3. The van der Waals surface area contributed by atoms with Crippen molar-refractivity contribution in [2.75, 3.05) is 20.3 Å². The third-order valence-corrected chi connectivity index (χ3v) is 7.22. The Balaban J connectivity index is 1.46. The van der Waals surface area contributed by atoms with Gasteiger partial charge in [0, 0.05) is 18.1 Å². The number of aromatic nitrogens is 1. The molecule has 34 heavy (non-hydrogen) atoms. The van der Waals surface area contributed by atoms with Crippen molar-refractivity contribution in [2.45, 2.75) is 60.6 Å². The minimum absolute atomic E-state index is 0.261. The zero-order valence-electron chi connectivity index (χ0n) is 19.3. The molecule has 1 aromatic heterocycles. The lowest BCUT2D eigenvalue weighted by atomic mass is 9.81. The highest BCUT2D eigenvalue weighted by Gasteiger charge is 2.41. The first-order chi connectivity index (χ1) is 16.4. The Hall–Kier alpha value is -3.25. The fourth-order valence-electron chi connectivity index (χ4n) is 4.24. The van der Waals surface area contributed by atoms with Crippen LogP contribution in [0.25, 0.3) is 0 Å². The molecule has 2 aromatic rings. The second-order valence-electron chi connectivity index (χ2n) is 8.41. The standard InChI is InChI=1S/C25H27N3O5S/c1-17(23(29)28(2)25(16-26)10-4-3-5-11-25)33-24(30)19-7-6-12-27-22(19)34-18-8-9-20-21(15-18)32-14-13-31-20/h6-9,12,15,17H,3-5,10-11,13-14H2,1-2H3/t17-/m0/s1. The number of carbonyl (C=O) groups is 2. The molecule has 1 aliphatic carbocycles. The Morgan fingerprint density at radius 2 is 1.91 bits per heavy atom. The zero-order valence-corrected chi connectivity index (χ0v) is 20.1. The van der Waals surface area contributed by atoms with Gasteiger partial charge in [0.05, 0.1) is 11.6 Å². The molecule has 2 heterocycles. The van der Waals surface area contributed by atoms with E-state index in [0.717, 1.165) is 24.2 Å². The molecule has 8 nitrogen and oxygen atoms in total. The van der Waals surface area contributed by atoms with Gasteiger partial charge in [0.2, 0.25) is 0 Å². The highest BCUT2D eigenvalue weighted by Crippen LogP contribution is 2.37. The molecular weight excluding hydrogens is 454 g/mol. The summed E-state index contributed by atoms with van der Waals surface area (Å²) in [4.78, 5) is 32.7. The van der Waals surface area contributed by atoms with Gasteiger partial charge in [-0.15, -0.1) is 0 Å². The van der Waals surface area contributed by atoms with E-state index in [9.17, 15) is 14.9 Å². The fraction of sp³-hybridized carbons (Fsp3) is 0.440. The monoisotopic (exact) mass is 481 g/mol. The quantitative estimate of drug-likeness (QED) is 0.565. The number of carbonyl (C=O) groups excluding carboxylic acids is 2. The van der Waals surface area contributed by atoms with Gasteiger partial charge >= 0.3 is 5.97 Å². The van der Waals surface area contributed by atoms with Crippen LogP contribution in [0.15, 0.2) is 46.5 Å². The molecule has 1 atom stereocenters. The van der Waals surface area contributed by atoms with Crippen LogP contribution in [-0.4, -0.2) is 53.7 Å². The van der Waals surface area contributed by atoms with Crippen LogP contribution < -0.4 is 9.47 Å². The number of rotatable bonds is 6. The number of nitriles is 1. The van der Waals surface area contributed by atoms with Gasteiger partial charge in [-0.25, -0.2) is 9.78 Å². The molecule has 2 aliphatic rings. The number of likely N-dealkylation sites (N-methyl/N-ethyl adjacent to an activating group) is 1. The second kappa shape index (κ2) is 10.3. The molecule has 178 valence electrons. The van der Waals surface area contributed by atoms with Gasteiger partial charge in [-0.05, 0) is 50.1 Å². The van der Waals surface area contributed by atoms with Crippen molar-refractivity contribution in [3.05, 3.63) is 42.1 Å². The van der Waals surface area contributed by atoms with Crippen LogP contribution in [0.1, 0.15) is 49.4 Å². The summed E-state index contributed by atoms with van der Waals surface area (Å²) in [5.74, 6) is 0.298. The number of esters is 1. The molecule has 9 heteroatoms. The number of amides is 1. The third-order valence-electron chi connectivity index (χ3n) is 6.21. The lowest BCUT2D eigenvalue weighted by Gasteiger charge is -2.39. The highest BCUT2D eigenvalue weighted by molar-refractivity contribution is 7.99. The van der Waals surface area contributed by atoms with E-state index in [1.807, 2.05) is 18.2 Å². The van der Waals surface area contributed by atoms with Crippen LogP contribution in [0.4, 0.5) is 0 Å². The highest BCUT2D eigenvalue weighted by atomic mass is 32.2. The Bertz CT molecular complexity index is 1110. The average molecular weight is 482 g/mol. The molecule has 0 bridgehead atoms. The van der Waals surface area contributed by atoms with Gasteiger partial charge in [-0.2, -0.15) is 5.26 Å². The second-order valence-corrected chi connectivity index (χ2v) is 9.47. The molecule has 1 aliphatic heterocycles. The maximum absolute atomic E-state index is 13.0. The Labute approximate surface area is 203 Å². The molecule has 1 fully saturated rings. The van der Waals surface area contributed by atoms with Crippen LogP contribution >= 0.6 is 11.8 Å². The van der Waals surface area contributed by atoms with E-state index in [2.05, 4.69) is 11.1 Å². The summed E-state index contributed by atoms with van der Waals surface area (Å²) in [6.45, 7) is 2.53. The van der Waals surface area contributed by atoms with Crippen molar-refractivity contribution in [3.63, 3.8) is 0 Å². The van der Waals surface area contributed by atoms with Gasteiger partial charge in [0.25, 0.3) is 5.91 Å². The summed E-state index contributed by atoms with van der Waals surface area (Å²) in [7, 11) is 1.62. The van der Waals surface area contributed by atoms with Crippen molar-refractivity contribution < 1.29 is 23.8 Å². The zero-order chi connectivity index (χ0) is 24.1. The molecule has 0 radical (unpaired) electrons. The summed E-state index contributed by atoms with van der Waals surface area (Å²) in [6.07, 6.45) is 4.68. The predicted octanol–water partition coefficient (Wildman–Crippen LogP) is 4.23. The van der Waals surface area contributed by atoms with Crippen LogP contribution in [0.2, 0.25) is 0 Å². The number of ether oxygens (including phenoxy) is 3. The van der Waals surface area contributed by atoms with E-state index < -0.39 is 17.6 Å². The molecule has 1 saturated carbocycles. The summed E-state index contributed by atoms with van der Waals surface area (Å²) < 4.78 is 16.7. The molecule has 0 unspecified atom stereocenters. The van der Waals surface area contributed by atoms with Crippen LogP contribution in [0.5, 0.6) is 11.5 Å². The number of pyridine rings is 1. The van der Waals surface area contributed by atoms with Gasteiger partial charge in [-0.3, -0.25) is 4.79 Å². The summed E-state index contributed by atoms with van der Waals surface area (Å²) in [5, 5.41) is 10.2. The maximum atomic E-state index is 13.0. The van der Waals surface area contributed by atoms with E-state index in [0.29, 0.717) is 42.6 Å². The van der Waals surface area contributed by atoms with E-state index in [-0.39, 0.29) is 11.5 Å². The number of fused-ring (bicyclic) bond motifs is 1. The Morgan fingerprint density at radius 1 is 1.18 bits per heavy atom. The van der Waals surface area contributed by atoms with Crippen LogP contribution in [-0.2, 0) is 9.53 Å². The van der Waals surface area contributed by atoms with Crippen LogP contribution in [0, 0.1) is 11.3 Å². The van der Waals surface area contributed by atoms with Gasteiger partial charge < -0.3 is 19.1 Å². The molecule has 1 amide bonds. The number of hydrogen-bond donors (Lipinski definition) is 0. The summed E-state index contributed by atoms with van der Waals surface area (Å²) in [6, 6.07) is 11.1. The first kappa shape index (κ1) is 23.9. The van der Waals surface area contributed by atoms with Crippen molar-refractivity contribution in [3.8, 4) is 17.6 Å². The molecular formula is C25H27N3O5S. The molecule has 0 N–H and O–H groups in total. The summed E-state index contributed by atoms with van der Waals surface area (Å²) in [5.41, 5.74) is -0.582. The third kappa shape index (κ3) is 4.97. The van der Waals surface area contributed by atoms with E-state index in [4.69, 9.17) is 14.2 Å². The predicted molar refractivity (Wildman–Crippen MR) is 125 cm³/mol. The number of hydrogen-bond acceptors (Lipinski definition) is 8. The van der Waals surface area contributed by atoms with Crippen LogP contribution in [0.3, 0.4) is 0 Å². The molecule has 4 rings (SSSR count). The maximum Gasteiger partial charge on any atom is 0.341 e. The van der Waals surface area contributed by atoms with Crippen molar-refractivity contribution >= 4 is 23.6 Å². The molecule has 0 spiro atoms.